The molecule has 162 valence electrons. The van der Waals surface area contributed by atoms with Crippen LogP contribution in [0.3, 0.4) is 0 Å². The van der Waals surface area contributed by atoms with Crippen molar-refractivity contribution in [1.82, 2.24) is 15.0 Å². The topological polar surface area (TPSA) is 106 Å². The first-order chi connectivity index (χ1) is 14.9. The van der Waals surface area contributed by atoms with Crippen LogP contribution in [0.15, 0.2) is 34.4 Å². The molecule has 0 fully saturated rings. The van der Waals surface area contributed by atoms with Gasteiger partial charge < -0.3 is 9.84 Å². The summed E-state index contributed by atoms with van der Waals surface area (Å²) in [6, 6.07) is 3.94. The van der Waals surface area contributed by atoms with Gasteiger partial charge >= 0.3 is 0 Å². The summed E-state index contributed by atoms with van der Waals surface area (Å²) in [6.07, 6.45) is 5.78. The summed E-state index contributed by atoms with van der Waals surface area (Å²) >= 11 is 1.59. The van der Waals surface area contributed by atoms with Crippen LogP contribution in [0.5, 0.6) is 11.5 Å². The second-order valence-electron chi connectivity index (χ2n) is 7.83. The van der Waals surface area contributed by atoms with Gasteiger partial charge in [0.05, 0.1) is 25.0 Å². The maximum atomic E-state index is 13.2. The number of carbonyl (C=O) groups is 1. The molecule has 1 amide bonds. The number of aryl methyl sites for hydroxylation is 1. The number of ether oxygens (including phenoxy) is 1. The molecule has 2 aromatic heterocycles. The smallest absolute Gasteiger partial charge is 0.263 e. The van der Waals surface area contributed by atoms with Crippen LogP contribution in [0.1, 0.15) is 42.3 Å². The summed E-state index contributed by atoms with van der Waals surface area (Å²) in [4.78, 5) is 32.2. The van der Waals surface area contributed by atoms with Gasteiger partial charge in [-0.15, -0.1) is 11.3 Å². The highest BCUT2D eigenvalue weighted by atomic mass is 32.1. The Bertz CT molecular complexity index is 1230. The number of hydrogen-bond donors (Lipinski definition) is 2. The number of fused-ring (bicyclic) bond motifs is 3. The first kappa shape index (κ1) is 21.0. The molecular weight excluding hydrogens is 416 g/mol. The summed E-state index contributed by atoms with van der Waals surface area (Å²) in [7, 11) is 1.45. The van der Waals surface area contributed by atoms with Crippen LogP contribution < -0.4 is 15.7 Å². The molecule has 0 aliphatic heterocycles. The van der Waals surface area contributed by atoms with E-state index in [2.05, 4.69) is 22.4 Å². The number of nitrogens with zero attached hydrogens (tertiary/aromatic N) is 3. The molecule has 0 bridgehead atoms. The largest absolute Gasteiger partial charge is 0.504 e. The SMILES string of the molecule is COc1cc(/C=N/NC(=O)C(C)n2cnc3sc4c(c3c2=O)CCC(C)C4)ccc1O. The molecule has 0 spiro atoms. The molecule has 4 rings (SSSR count). The van der Waals surface area contributed by atoms with Crippen molar-refractivity contribution in [3.63, 3.8) is 0 Å². The van der Waals surface area contributed by atoms with Crippen molar-refractivity contribution in [1.29, 1.82) is 0 Å². The van der Waals surface area contributed by atoms with E-state index in [1.165, 1.54) is 35.2 Å². The number of rotatable bonds is 5. The number of aromatic hydroxyl groups is 1. The Kier molecular flexibility index (Phi) is 5.77. The van der Waals surface area contributed by atoms with Crippen LogP contribution in [0, 0.1) is 5.92 Å². The van der Waals surface area contributed by atoms with Gasteiger partial charge in [-0.1, -0.05) is 6.92 Å². The zero-order chi connectivity index (χ0) is 22.1. The molecule has 2 N–H and O–H groups in total. The number of methoxy groups -OCH3 is 1. The van der Waals surface area contributed by atoms with Crippen molar-refractivity contribution in [3.05, 3.63) is 50.9 Å². The molecule has 1 aliphatic rings. The van der Waals surface area contributed by atoms with Gasteiger partial charge in [0.1, 0.15) is 10.9 Å². The number of phenolic OH excluding ortho intramolecular Hbond substituents is 1. The molecular formula is C22H24N4O4S. The average molecular weight is 441 g/mol. The van der Waals surface area contributed by atoms with Crippen molar-refractivity contribution in [2.24, 2.45) is 11.0 Å². The molecule has 2 heterocycles. The lowest BCUT2D eigenvalue weighted by Gasteiger charge is -2.18. The van der Waals surface area contributed by atoms with Crippen molar-refractivity contribution in [2.45, 2.75) is 39.2 Å². The van der Waals surface area contributed by atoms with Crippen molar-refractivity contribution in [3.8, 4) is 11.5 Å². The predicted molar refractivity (Wildman–Crippen MR) is 120 cm³/mol. The van der Waals surface area contributed by atoms with E-state index in [0.29, 0.717) is 22.6 Å². The highest BCUT2D eigenvalue weighted by Crippen LogP contribution is 2.35. The van der Waals surface area contributed by atoms with E-state index in [1.807, 2.05) is 0 Å². The first-order valence-corrected chi connectivity index (χ1v) is 10.9. The van der Waals surface area contributed by atoms with Gasteiger partial charge in [-0.3, -0.25) is 14.2 Å². The minimum absolute atomic E-state index is 0.0182. The third-order valence-electron chi connectivity index (χ3n) is 5.63. The third kappa shape index (κ3) is 4.05. The lowest BCUT2D eigenvalue weighted by atomic mass is 9.89. The molecule has 0 saturated heterocycles. The molecule has 1 aliphatic carbocycles. The minimum atomic E-state index is -0.769. The Morgan fingerprint density at radius 3 is 3.06 bits per heavy atom. The van der Waals surface area contributed by atoms with Gasteiger partial charge in [0.15, 0.2) is 11.5 Å². The summed E-state index contributed by atoms with van der Waals surface area (Å²) in [5.41, 5.74) is 4.01. The zero-order valence-corrected chi connectivity index (χ0v) is 18.4. The fourth-order valence-electron chi connectivity index (χ4n) is 3.78. The van der Waals surface area contributed by atoms with Crippen LogP contribution in [-0.4, -0.2) is 33.9 Å². The second kappa shape index (κ2) is 8.50. The molecule has 1 aromatic carbocycles. The second-order valence-corrected chi connectivity index (χ2v) is 8.91. The maximum absolute atomic E-state index is 13.2. The number of phenols is 1. The molecule has 9 heteroatoms. The highest BCUT2D eigenvalue weighted by molar-refractivity contribution is 7.18. The fourth-order valence-corrected chi connectivity index (χ4v) is 5.13. The number of benzene rings is 1. The summed E-state index contributed by atoms with van der Waals surface area (Å²) < 4.78 is 6.42. The number of amides is 1. The molecule has 3 aromatic rings. The fraction of sp³-hybridized carbons (Fsp3) is 0.364. The van der Waals surface area contributed by atoms with Gasteiger partial charge in [-0.05, 0) is 61.4 Å². The van der Waals surface area contributed by atoms with E-state index in [4.69, 9.17) is 4.74 Å². The van der Waals surface area contributed by atoms with Gasteiger partial charge in [-0.25, -0.2) is 10.4 Å². The zero-order valence-electron chi connectivity index (χ0n) is 17.6. The van der Waals surface area contributed by atoms with E-state index in [0.717, 1.165) is 29.7 Å². The predicted octanol–water partition coefficient (Wildman–Crippen LogP) is 3.01. The number of nitrogens with one attached hydrogen (secondary N) is 1. The quantitative estimate of drug-likeness (QED) is 0.469. The number of thiophene rings is 1. The number of hydrazone groups is 1. The van der Waals surface area contributed by atoms with Crippen molar-refractivity contribution in [2.75, 3.05) is 7.11 Å². The Hall–Kier alpha value is -3.20. The van der Waals surface area contributed by atoms with Gasteiger partial charge in [0, 0.05) is 4.88 Å². The number of carbonyl (C=O) groups excluding carboxylic acids is 1. The number of aromatic nitrogens is 2. The lowest BCUT2D eigenvalue weighted by molar-refractivity contribution is -0.123. The summed E-state index contributed by atoms with van der Waals surface area (Å²) in [5, 5.41) is 14.2. The Labute approximate surface area is 183 Å². The Morgan fingerprint density at radius 2 is 2.29 bits per heavy atom. The van der Waals surface area contributed by atoms with E-state index < -0.39 is 11.9 Å². The van der Waals surface area contributed by atoms with Crippen LogP contribution in [0.25, 0.3) is 10.2 Å². The van der Waals surface area contributed by atoms with Crippen molar-refractivity contribution < 1.29 is 14.6 Å². The Morgan fingerprint density at radius 1 is 1.48 bits per heavy atom. The lowest BCUT2D eigenvalue weighted by Crippen LogP contribution is -2.34. The summed E-state index contributed by atoms with van der Waals surface area (Å²) in [5.74, 6) is 0.509. The molecule has 31 heavy (non-hydrogen) atoms. The van der Waals surface area contributed by atoms with Gasteiger partial charge in [0.2, 0.25) is 0 Å². The van der Waals surface area contributed by atoms with Crippen LogP contribution in [-0.2, 0) is 17.6 Å². The monoisotopic (exact) mass is 440 g/mol. The van der Waals surface area contributed by atoms with Gasteiger partial charge in [-0.2, -0.15) is 5.10 Å². The maximum Gasteiger partial charge on any atom is 0.263 e. The van der Waals surface area contributed by atoms with Crippen LogP contribution >= 0.6 is 11.3 Å². The standard InChI is InChI=1S/C22H24N4O4S/c1-12-4-6-15-18(8-12)31-21-19(15)22(29)26(11-23-21)13(2)20(28)25-24-10-14-5-7-16(27)17(9-14)30-3/h5,7,9-13,27H,4,6,8H2,1-3H3,(H,25,28)/b24-10+. The third-order valence-corrected chi connectivity index (χ3v) is 6.79. The van der Waals surface area contributed by atoms with E-state index in [9.17, 15) is 14.7 Å². The van der Waals surface area contributed by atoms with Crippen molar-refractivity contribution >= 4 is 33.7 Å². The molecule has 0 saturated carbocycles. The van der Waals surface area contributed by atoms with Crippen LogP contribution in [0.4, 0.5) is 0 Å². The summed E-state index contributed by atoms with van der Waals surface area (Å²) in [6.45, 7) is 3.87. The van der Waals surface area contributed by atoms with E-state index in [-0.39, 0.29) is 11.3 Å². The molecule has 2 unspecified atom stereocenters. The van der Waals surface area contributed by atoms with E-state index >= 15 is 0 Å². The highest BCUT2D eigenvalue weighted by Gasteiger charge is 2.25. The molecule has 8 nitrogen and oxygen atoms in total. The molecule has 2 atom stereocenters. The average Bonchev–Trinajstić information content (AvgIpc) is 3.12. The van der Waals surface area contributed by atoms with E-state index in [1.54, 1.807) is 30.4 Å². The van der Waals surface area contributed by atoms with Gasteiger partial charge in [0.25, 0.3) is 11.5 Å². The minimum Gasteiger partial charge on any atom is -0.504 e. The Balaban J connectivity index is 1.54. The molecule has 0 radical (unpaired) electrons. The first-order valence-electron chi connectivity index (χ1n) is 10.1. The van der Waals surface area contributed by atoms with Crippen LogP contribution in [0.2, 0.25) is 0 Å². The normalized spacial score (nSPS) is 16.9. The number of hydrogen-bond acceptors (Lipinski definition) is 7.